The van der Waals surface area contributed by atoms with Crippen LogP contribution in [0.2, 0.25) is 0 Å². The molecule has 3 heteroatoms. The van der Waals surface area contributed by atoms with Gasteiger partial charge >= 0.3 is 291 Å². The molecule has 2 heterocycles. The molecular formula is C44H36N2Zr. The molecule has 47 heavy (non-hydrogen) atoms. The molecule has 0 radical (unpaired) electrons. The van der Waals surface area contributed by atoms with Gasteiger partial charge in [-0.25, -0.2) is 0 Å². The molecule has 0 bridgehead atoms. The van der Waals surface area contributed by atoms with Crippen molar-refractivity contribution in [1.82, 2.24) is 9.97 Å². The third-order valence-electron chi connectivity index (χ3n) is 9.60. The molecule has 2 nitrogen and oxygen atoms in total. The number of hydrogen-bond acceptors (Lipinski definition) is 2. The zero-order chi connectivity index (χ0) is 32.1. The molecule has 0 saturated heterocycles. The van der Waals surface area contributed by atoms with E-state index < -0.39 is 23.2 Å². The van der Waals surface area contributed by atoms with Gasteiger partial charge < -0.3 is 0 Å². The first-order valence-electron chi connectivity index (χ1n) is 16.4. The van der Waals surface area contributed by atoms with Gasteiger partial charge in [0.1, 0.15) is 0 Å². The van der Waals surface area contributed by atoms with E-state index in [1.54, 1.807) is 0 Å². The van der Waals surface area contributed by atoms with Crippen LogP contribution in [0.3, 0.4) is 0 Å². The van der Waals surface area contributed by atoms with Gasteiger partial charge in [0, 0.05) is 0 Å². The van der Waals surface area contributed by atoms with Gasteiger partial charge in [-0.3, -0.25) is 0 Å². The van der Waals surface area contributed by atoms with Crippen LogP contribution in [-0.4, -0.2) is 9.97 Å². The van der Waals surface area contributed by atoms with E-state index in [2.05, 4.69) is 149 Å². The Morgan fingerprint density at radius 2 is 0.851 bits per heavy atom. The summed E-state index contributed by atoms with van der Waals surface area (Å²) in [6.07, 6.45) is 8.95. The van der Waals surface area contributed by atoms with Crippen molar-refractivity contribution in [3.63, 3.8) is 0 Å². The number of benzene rings is 4. The number of nitrogens with zero attached hydrogens (tertiary/aromatic N) is 2. The molecule has 0 spiro atoms. The fourth-order valence-corrected chi connectivity index (χ4v) is 12.0. The van der Waals surface area contributed by atoms with E-state index in [0.29, 0.717) is 7.25 Å². The van der Waals surface area contributed by atoms with E-state index in [1.807, 2.05) is 12.4 Å². The van der Waals surface area contributed by atoms with Crippen LogP contribution in [0.4, 0.5) is 0 Å². The van der Waals surface area contributed by atoms with Gasteiger partial charge in [0.25, 0.3) is 0 Å². The monoisotopic (exact) mass is 682 g/mol. The molecule has 2 aromatic heterocycles. The molecule has 2 aliphatic carbocycles. The maximum atomic E-state index is 5.01. The summed E-state index contributed by atoms with van der Waals surface area (Å²) < 4.78 is 0.698. The number of pyridine rings is 2. The molecule has 4 aromatic carbocycles. The fourth-order valence-electron chi connectivity index (χ4n) is 7.02. The molecule has 2 aliphatic rings. The van der Waals surface area contributed by atoms with Gasteiger partial charge in [-0.05, 0) is 0 Å². The van der Waals surface area contributed by atoms with Crippen LogP contribution in [0.5, 0.6) is 0 Å². The van der Waals surface area contributed by atoms with Crippen molar-refractivity contribution < 1.29 is 23.2 Å². The van der Waals surface area contributed by atoms with Crippen molar-refractivity contribution >= 4 is 23.3 Å². The standard InChI is InChI=1S/2C22H18N.Zr/c2*1-15-6-9-17(10-7-15)20-5-3-4-18-12-19(13-21(18)20)22-11-8-16(2)14-23-22;/h2*3-14H,1-2H3;. The van der Waals surface area contributed by atoms with Crippen LogP contribution >= 0.6 is 0 Å². The van der Waals surface area contributed by atoms with Crippen LogP contribution in [-0.2, 0) is 23.2 Å². The number of allylic oxidation sites excluding steroid dienone is 2. The summed E-state index contributed by atoms with van der Waals surface area (Å²) in [6, 6.07) is 40.6. The molecule has 0 fully saturated rings. The number of aromatic nitrogens is 2. The van der Waals surface area contributed by atoms with Crippen LogP contribution in [0.1, 0.15) is 63.1 Å². The normalized spacial score (nSPS) is 16.3. The van der Waals surface area contributed by atoms with E-state index in [4.69, 9.17) is 9.97 Å². The molecule has 0 N–H and O–H groups in total. The molecule has 0 amide bonds. The number of hydrogen-bond donors (Lipinski definition) is 0. The van der Waals surface area contributed by atoms with Gasteiger partial charge in [-0.2, -0.15) is 0 Å². The Balaban J connectivity index is 1.28. The minimum atomic E-state index is -1.28. The molecule has 6 aromatic rings. The summed E-state index contributed by atoms with van der Waals surface area (Å²) in [7, 11) is 0. The third-order valence-corrected chi connectivity index (χ3v) is 14.3. The van der Waals surface area contributed by atoms with Crippen LogP contribution in [0.25, 0.3) is 45.6 Å². The second-order valence-electron chi connectivity index (χ2n) is 13.0. The Labute approximate surface area is 289 Å². The fraction of sp³-hybridized carbons (Fsp3) is 0.136. The molecule has 2 atom stereocenters. The Morgan fingerprint density at radius 1 is 0.447 bits per heavy atom. The van der Waals surface area contributed by atoms with E-state index in [0.717, 1.165) is 11.4 Å². The van der Waals surface area contributed by atoms with Crippen LogP contribution in [0.15, 0.2) is 122 Å². The molecule has 8 rings (SSSR count). The predicted octanol–water partition coefficient (Wildman–Crippen LogP) is 11.0. The Hall–Kier alpha value is -4.46. The van der Waals surface area contributed by atoms with Crippen molar-refractivity contribution in [2.75, 3.05) is 0 Å². The quantitative estimate of drug-likeness (QED) is 0.175. The zero-order valence-corrected chi connectivity index (χ0v) is 29.7. The number of fused-ring (bicyclic) bond motifs is 2. The maximum absolute atomic E-state index is 5.01. The average Bonchev–Trinajstić information content (AvgIpc) is 3.65. The van der Waals surface area contributed by atoms with Crippen LogP contribution in [0, 0.1) is 27.7 Å². The summed E-state index contributed by atoms with van der Waals surface area (Å²) in [5.74, 6) is 0. The Bertz CT molecular complexity index is 2010. The first kappa shape index (κ1) is 29.9. The van der Waals surface area contributed by atoms with E-state index in [-0.39, 0.29) is 0 Å². The van der Waals surface area contributed by atoms with Crippen LogP contribution < -0.4 is 0 Å². The molecule has 0 aliphatic heterocycles. The first-order chi connectivity index (χ1) is 22.9. The molecule has 2 unspecified atom stereocenters. The van der Waals surface area contributed by atoms with Gasteiger partial charge in [-0.1, -0.05) is 0 Å². The van der Waals surface area contributed by atoms with Gasteiger partial charge in [0.15, 0.2) is 0 Å². The van der Waals surface area contributed by atoms with Gasteiger partial charge in [-0.15, -0.1) is 0 Å². The van der Waals surface area contributed by atoms with Crippen molar-refractivity contribution in [3.05, 3.63) is 177 Å². The Kier molecular flexibility index (Phi) is 7.82. The summed E-state index contributed by atoms with van der Waals surface area (Å²) in [6.45, 7) is 8.54. The molecular weight excluding hydrogens is 648 g/mol. The van der Waals surface area contributed by atoms with Gasteiger partial charge in [0.2, 0.25) is 0 Å². The molecule has 226 valence electrons. The zero-order valence-electron chi connectivity index (χ0n) is 27.3. The van der Waals surface area contributed by atoms with Gasteiger partial charge in [0.05, 0.1) is 0 Å². The third kappa shape index (κ3) is 5.62. The topological polar surface area (TPSA) is 25.8 Å². The van der Waals surface area contributed by atoms with Crippen molar-refractivity contribution in [1.29, 1.82) is 0 Å². The minimum absolute atomic E-state index is 0.349. The summed E-state index contributed by atoms with van der Waals surface area (Å²) in [4.78, 5) is 10.0. The second kappa shape index (κ2) is 12.3. The predicted molar refractivity (Wildman–Crippen MR) is 192 cm³/mol. The van der Waals surface area contributed by atoms with Crippen molar-refractivity contribution in [3.8, 4) is 22.3 Å². The van der Waals surface area contributed by atoms with E-state index in [9.17, 15) is 0 Å². The second-order valence-corrected chi connectivity index (χ2v) is 16.7. The van der Waals surface area contributed by atoms with Crippen molar-refractivity contribution in [2.24, 2.45) is 0 Å². The summed E-state index contributed by atoms with van der Waals surface area (Å²) >= 11 is -1.28. The average molecular weight is 684 g/mol. The molecule has 0 saturated carbocycles. The van der Waals surface area contributed by atoms with E-state index >= 15 is 0 Å². The number of rotatable bonds is 6. The van der Waals surface area contributed by atoms with E-state index in [1.165, 1.54) is 77.9 Å². The SMILES string of the molecule is Cc1ccc(-c2cccc3c2C=C(c2ccc(C)cn2)[CH]3[Zr][CH]2C(c3ccc(C)cn3)=Cc3c(-c4ccc(C)cc4)cccc32)cc1. The summed E-state index contributed by atoms with van der Waals surface area (Å²) in [5, 5.41) is 0. The van der Waals surface area contributed by atoms with Crippen molar-refractivity contribution in [2.45, 2.75) is 34.9 Å². The first-order valence-corrected chi connectivity index (χ1v) is 19.2. The Morgan fingerprint density at radius 3 is 1.23 bits per heavy atom. The summed E-state index contributed by atoms with van der Waals surface area (Å²) in [5.41, 5.74) is 20.6. The number of aryl methyl sites for hydroxylation is 4.